The van der Waals surface area contributed by atoms with Crippen molar-refractivity contribution in [1.29, 1.82) is 0 Å². The maximum Gasteiger partial charge on any atom is 0.272 e. The summed E-state index contributed by atoms with van der Waals surface area (Å²) in [4.78, 5) is 15.5. The number of hydrogen-bond donors (Lipinski definition) is 1. The molecule has 1 aliphatic rings. The van der Waals surface area contributed by atoms with Crippen molar-refractivity contribution in [3.05, 3.63) is 69.0 Å². The first kappa shape index (κ1) is 22.7. The number of nitrogens with one attached hydrogen (secondary N) is 1. The summed E-state index contributed by atoms with van der Waals surface area (Å²) in [7, 11) is -3.63. The first-order valence-corrected chi connectivity index (χ1v) is 12.7. The predicted octanol–water partition coefficient (Wildman–Crippen LogP) is 2.94. The second-order valence-electron chi connectivity index (χ2n) is 7.29. The molecule has 0 bridgehead atoms. The van der Waals surface area contributed by atoms with Crippen LogP contribution in [0.3, 0.4) is 0 Å². The van der Waals surface area contributed by atoms with Gasteiger partial charge in [0.25, 0.3) is 5.91 Å². The van der Waals surface area contributed by atoms with Gasteiger partial charge in [0.2, 0.25) is 10.0 Å². The number of carbonyl (C=O) groups excluding carboxylic acids is 1. The van der Waals surface area contributed by atoms with Crippen molar-refractivity contribution in [1.82, 2.24) is 19.8 Å². The average Bonchev–Trinajstić information content (AvgIpc) is 3.33. The SMILES string of the molecule is Cc1c(Cl)cccc1S(=O)(=O)N1CCN(c2ccc(C(=O)NCc3cccs3)nn2)CC1. The molecule has 1 aliphatic heterocycles. The molecule has 0 aliphatic carbocycles. The number of halogens is 1. The number of benzene rings is 1. The highest BCUT2D eigenvalue weighted by Gasteiger charge is 2.30. The van der Waals surface area contributed by atoms with Gasteiger partial charge in [0.05, 0.1) is 11.4 Å². The third kappa shape index (κ3) is 4.78. The van der Waals surface area contributed by atoms with Gasteiger partial charge in [-0.15, -0.1) is 21.5 Å². The molecule has 2 aromatic heterocycles. The quantitative estimate of drug-likeness (QED) is 0.569. The topological polar surface area (TPSA) is 95.5 Å². The third-order valence-corrected chi connectivity index (χ3v) is 8.61. The number of rotatable bonds is 6. The summed E-state index contributed by atoms with van der Waals surface area (Å²) in [6, 6.07) is 12.2. The van der Waals surface area contributed by atoms with Gasteiger partial charge >= 0.3 is 0 Å². The van der Waals surface area contributed by atoms with Gasteiger partial charge in [-0.1, -0.05) is 23.7 Å². The number of piperazine rings is 1. The number of carbonyl (C=O) groups is 1. The number of anilines is 1. The van der Waals surface area contributed by atoms with Crippen LogP contribution in [0.25, 0.3) is 0 Å². The fourth-order valence-electron chi connectivity index (χ4n) is 3.45. The predicted molar refractivity (Wildman–Crippen MR) is 125 cm³/mol. The minimum Gasteiger partial charge on any atom is -0.352 e. The van der Waals surface area contributed by atoms with Gasteiger partial charge in [0.15, 0.2) is 11.5 Å². The Morgan fingerprint density at radius 1 is 1.09 bits per heavy atom. The van der Waals surface area contributed by atoms with Gasteiger partial charge < -0.3 is 10.2 Å². The molecule has 0 atom stereocenters. The summed E-state index contributed by atoms with van der Waals surface area (Å²) in [6.45, 7) is 3.73. The largest absolute Gasteiger partial charge is 0.352 e. The molecule has 0 unspecified atom stereocenters. The van der Waals surface area contributed by atoms with Crippen LogP contribution in [0.15, 0.2) is 52.7 Å². The molecule has 3 heterocycles. The van der Waals surface area contributed by atoms with E-state index in [1.165, 1.54) is 4.31 Å². The molecule has 0 saturated carbocycles. The highest BCUT2D eigenvalue weighted by Crippen LogP contribution is 2.26. The summed E-state index contributed by atoms with van der Waals surface area (Å²) < 4.78 is 27.6. The van der Waals surface area contributed by atoms with Crippen LogP contribution in [0.1, 0.15) is 20.9 Å². The summed E-state index contributed by atoms with van der Waals surface area (Å²) in [5.41, 5.74) is 0.790. The molecule has 8 nitrogen and oxygen atoms in total. The minimum absolute atomic E-state index is 0.233. The lowest BCUT2D eigenvalue weighted by atomic mass is 10.2. The van der Waals surface area contributed by atoms with Gasteiger partial charge in [-0.3, -0.25) is 4.79 Å². The molecule has 1 N–H and O–H groups in total. The number of aromatic nitrogens is 2. The molecule has 4 rings (SSSR count). The van der Waals surface area contributed by atoms with E-state index in [-0.39, 0.29) is 16.5 Å². The lowest BCUT2D eigenvalue weighted by Crippen LogP contribution is -2.49. The summed E-state index contributed by atoms with van der Waals surface area (Å²) in [5, 5.41) is 13.4. The second kappa shape index (κ2) is 9.53. The first-order chi connectivity index (χ1) is 15.4. The standard InChI is InChI=1S/C21H22ClN5O3S2/c1-15-17(22)5-2-6-19(15)32(29,30)27-11-9-26(10-12-27)20-8-7-18(24-25-20)21(28)23-14-16-4-3-13-31-16/h2-8,13H,9-12,14H2,1H3,(H,23,28). The van der Waals surface area contributed by atoms with E-state index in [1.54, 1.807) is 48.6 Å². The smallest absolute Gasteiger partial charge is 0.272 e. The number of sulfonamides is 1. The van der Waals surface area contributed by atoms with Crippen molar-refractivity contribution < 1.29 is 13.2 Å². The van der Waals surface area contributed by atoms with E-state index in [2.05, 4.69) is 15.5 Å². The van der Waals surface area contributed by atoms with Crippen LogP contribution in [0.5, 0.6) is 0 Å². The maximum atomic E-state index is 13.0. The van der Waals surface area contributed by atoms with E-state index >= 15 is 0 Å². The lowest BCUT2D eigenvalue weighted by molar-refractivity contribution is 0.0945. The highest BCUT2D eigenvalue weighted by atomic mass is 35.5. The number of amides is 1. The molecule has 1 amide bonds. The van der Waals surface area contributed by atoms with Crippen molar-refractivity contribution in [2.45, 2.75) is 18.4 Å². The Morgan fingerprint density at radius 2 is 1.88 bits per heavy atom. The van der Waals surface area contributed by atoms with E-state index < -0.39 is 10.0 Å². The highest BCUT2D eigenvalue weighted by molar-refractivity contribution is 7.89. The van der Waals surface area contributed by atoms with Crippen LogP contribution in [-0.2, 0) is 16.6 Å². The molecular formula is C21H22ClN5O3S2. The van der Waals surface area contributed by atoms with Crippen LogP contribution in [0.4, 0.5) is 5.82 Å². The van der Waals surface area contributed by atoms with Crippen LogP contribution >= 0.6 is 22.9 Å². The first-order valence-electron chi connectivity index (χ1n) is 10.0. The number of hydrogen-bond acceptors (Lipinski definition) is 7. The van der Waals surface area contributed by atoms with Crippen molar-refractivity contribution >= 4 is 44.7 Å². The van der Waals surface area contributed by atoms with Crippen molar-refractivity contribution in [2.75, 3.05) is 31.1 Å². The molecule has 0 spiro atoms. The van der Waals surface area contributed by atoms with Crippen molar-refractivity contribution in [3.8, 4) is 0 Å². The zero-order valence-electron chi connectivity index (χ0n) is 17.4. The normalized spacial score (nSPS) is 15.0. The minimum atomic E-state index is -3.63. The number of thiophene rings is 1. The van der Waals surface area contributed by atoms with E-state index in [4.69, 9.17) is 11.6 Å². The van der Waals surface area contributed by atoms with Gasteiger partial charge in [-0.25, -0.2) is 8.42 Å². The second-order valence-corrected chi connectivity index (χ2v) is 10.6. The Morgan fingerprint density at radius 3 is 2.53 bits per heavy atom. The summed E-state index contributed by atoms with van der Waals surface area (Å²) >= 11 is 7.68. The lowest BCUT2D eigenvalue weighted by Gasteiger charge is -2.34. The summed E-state index contributed by atoms with van der Waals surface area (Å²) in [6.07, 6.45) is 0. The molecular weight excluding hydrogens is 470 g/mol. The van der Waals surface area contributed by atoms with Gasteiger partial charge in [-0.2, -0.15) is 4.31 Å². The van der Waals surface area contributed by atoms with Crippen molar-refractivity contribution in [3.63, 3.8) is 0 Å². The zero-order valence-corrected chi connectivity index (χ0v) is 19.8. The van der Waals surface area contributed by atoms with E-state index in [9.17, 15) is 13.2 Å². The number of nitrogens with zero attached hydrogens (tertiary/aromatic N) is 4. The average molecular weight is 492 g/mol. The summed E-state index contributed by atoms with van der Waals surface area (Å²) in [5.74, 6) is 0.320. The molecule has 11 heteroatoms. The monoisotopic (exact) mass is 491 g/mol. The van der Waals surface area contributed by atoms with Crippen LogP contribution < -0.4 is 10.2 Å². The Hall–Kier alpha value is -2.53. The Balaban J connectivity index is 1.37. The molecule has 3 aromatic rings. The van der Waals surface area contributed by atoms with Gasteiger partial charge in [0.1, 0.15) is 0 Å². The van der Waals surface area contributed by atoms with E-state index in [1.807, 2.05) is 22.4 Å². The fourth-order valence-corrected chi connectivity index (χ4v) is 5.99. The molecule has 168 valence electrons. The molecule has 0 radical (unpaired) electrons. The zero-order chi connectivity index (χ0) is 22.7. The Kier molecular flexibility index (Phi) is 6.75. The molecule has 1 aromatic carbocycles. The van der Waals surface area contributed by atoms with Crippen LogP contribution in [-0.4, -0.2) is 55.0 Å². The molecule has 1 fully saturated rings. The fraction of sp³-hybridized carbons (Fsp3) is 0.286. The van der Waals surface area contributed by atoms with Gasteiger partial charge in [0, 0.05) is 36.1 Å². The molecule has 32 heavy (non-hydrogen) atoms. The van der Waals surface area contributed by atoms with E-state index in [0.717, 1.165) is 4.88 Å². The van der Waals surface area contributed by atoms with E-state index in [0.29, 0.717) is 49.1 Å². The molecule has 1 saturated heterocycles. The Bertz CT molecular complexity index is 1190. The van der Waals surface area contributed by atoms with Crippen molar-refractivity contribution in [2.24, 2.45) is 0 Å². The maximum absolute atomic E-state index is 13.0. The van der Waals surface area contributed by atoms with Crippen LogP contribution in [0.2, 0.25) is 5.02 Å². The van der Waals surface area contributed by atoms with Crippen LogP contribution in [0, 0.1) is 6.92 Å². The Labute approximate surface area is 195 Å². The van der Waals surface area contributed by atoms with Gasteiger partial charge in [-0.05, 0) is 48.2 Å². The third-order valence-electron chi connectivity index (χ3n) is 5.28.